The summed E-state index contributed by atoms with van der Waals surface area (Å²) >= 11 is 1.33. The highest BCUT2D eigenvalue weighted by Gasteiger charge is 2.21. The summed E-state index contributed by atoms with van der Waals surface area (Å²) in [7, 11) is 0. The molecule has 0 radical (unpaired) electrons. The zero-order valence-electron chi connectivity index (χ0n) is 9.44. The lowest BCUT2D eigenvalue weighted by molar-refractivity contribution is -0.380. The van der Waals surface area contributed by atoms with E-state index in [1.807, 2.05) is 13.0 Å². The van der Waals surface area contributed by atoms with Crippen molar-refractivity contribution < 1.29 is 4.92 Å². The van der Waals surface area contributed by atoms with Gasteiger partial charge in [0.15, 0.2) is 0 Å². The molecule has 1 aromatic rings. The van der Waals surface area contributed by atoms with Crippen LogP contribution in [0.1, 0.15) is 31.7 Å². The second-order valence-corrected chi connectivity index (χ2v) is 5.08. The predicted molar refractivity (Wildman–Crippen MR) is 66.4 cm³/mol. The summed E-state index contributed by atoms with van der Waals surface area (Å²) in [5, 5.41) is 12.3. The van der Waals surface area contributed by atoms with E-state index < -0.39 is 0 Å². The Morgan fingerprint density at radius 3 is 2.62 bits per heavy atom. The van der Waals surface area contributed by atoms with Gasteiger partial charge in [-0.25, -0.2) is 0 Å². The van der Waals surface area contributed by atoms with Crippen LogP contribution >= 0.6 is 11.3 Å². The largest absolute Gasteiger partial charge is 0.363 e. The first-order valence-corrected chi connectivity index (χ1v) is 6.56. The fourth-order valence-electron chi connectivity index (χ4n) is 2.08. The number of hydrogen-bond acceptors (Lipinski definition) is 4. The lowest BCUT2D eigenvalue weighted by Gasteiger charge is -2.26. The van der Waals surface area contributed by atoms with Crippen molar-refractivity contribution in [1.82, 2.24) is 0 Å². The summed E-state index contributed by atoms with van der Waals surface area (Å²) in [5.41, 5.74) is 0.871. The van der Waals surface area contributed by atoms with Crippen LogP contribution in [0.25, 0.3) is 0 Å². The normalized spacial score (nSPS) is 16.4. The van der Waals surface area contributed by atoms with Crippen LogP contribution in [0.3, 0.4) is 0 Å². The Balaban J connectivity index is 2.24. The molecule has 1 aliphatic heterocycles. The Labute approximate surface area is 99.0 Å². The van der Waals surface area contributed by atoms with Crippen molar-refractivity contribution in [3.05, 3.63) is 21.7 Å². The van der Waals surface area contributed by atoms with E-state index in [0.717, 1.165) is 30.1 Å². The number of rotatable bonds is 3. The molecule has 0 bridgehead atoms. The molecule has 1 aliphatic rings. The standard InChI is InChI=1S/C11H16N2O2S/c1-2-9-8-10(16-11(9)13(14)15)12-6-4-3-5-7-12/h8H,2-7H2,1H3. The number of piperidine rings is 1. The Kier molecular flexibility index (Phi) is 3.43. The number of hydrogen-bond donors (Lipinski definition) is 0. The predicted octanol–water partition coefficient (Wildman–Crippen LogP) is 3.21. The third-order valence-electron chi connectivity index (χ3n) is 2.99. The van der Waals surface area contributed by atoms with Gasteiger partial charge in [-0.1, -0.05) is 6.92 Å². The van der Waals surface area contributed by atoms with Crippen molar-refractivity contribution in [3.63, 3.8) is 0 Å². The van der Waals surface area contributed by atoms with Gasteiger partial charge in [0.1, 0.15) is 0 Å². The first kappa shape index (κ1) is 11.4. The highest BCUT2D eigenvalue weighted by Crippen LogP contribution is 2.37. The van der Waals surface area contributed by atoms with E-state index in [4.69, 9.17) is 0 Å². The fourth-order valence-corrected chi connectivity index (χ4v) is 3.20. The minimum absolute atomic E-state index is 0.253. The van der Waals surface area contributed by atoms with Crippen LogP contribution in [0.5, 0.6) is 0 Å². The Morgan fingerprint density at radius 1 is 1.44 bits per heavy atom. The first-order valence-electron chi connectivity index (χ1n) is 5.74. The van der Waals surface area contributed by atoms with Gasteiger partial charge in [-0.2, -0.15) is 0 Å². The summed E-state index contributed by atoms with van der Waals surface area (Å²) in [6.07, 6.45) is 4.42. The fraction of sp³-hybridized carbons (Fsp3) is 0.636. The van der Waals surface area contributed by atoms with Gasteiger partial charge >= 0.3 is 5.00 Å². The molecule has 0 spiro atoms. The minimum atomic E-state index is -0.253. The first-order chi connectivity index (χ1) is 7.72. The van der Waals surface area contributed by atoms with Crippen LogP contribution in [0, 0.1) is 10.1 Å². The average Bonchev–Trinajstić information content (AvgIpc) is 2.74. The van der Waals surface area contributed by atoms with Crippen LogP contribution in [-0.2, 0) is 6.42 Å². The van der Waals surface area contributed by atoms with Gasteiger partial charge in [-0.15, -0.1) is 0 Å². The van der Waals surface area contributed by atoms with Crippen molar-refractivity contribution >= 4 is 21.3 Å². The number of nitrogens with zero attached hydrogens (tertiary/aromatic N) is 2. The molecule has 2 heterocycles. The Bertz CT molecular complexity index is 383. The lowest BCUT2D eigenvalue weighted by Crippen LogP contribution is -2.28. The summed E-state index contributed by atoms with van der Waals surface area (Å²) < 4.78 is 0. The van der Waals surface area contributed by atoms with Gasteiger partial charge in [-0.3, -0.25) is 10.1 Å². The molecule has 0 amide bonds. The zero-order chi connectivity index (χ0) is 11.5. The van der Waals surface area contributed by atoms with Gasteiger partial charge in [0, 0.05) is 18.7 Å². The van der Waals surface area contributed by atoms with Crippen LogP contribution in [0.2, 0.25) is 0 Å². The molecule has 0 unspecified atom stereocenters. The molecule has 16 heavy (non-hydrogen) atoms. The van der Waals surface area contributed by atoms with Gasteiger partial charge in [-0.05, 0) is 43.1 Å². The summed E-state index contributed by atoms with van der Waals surface area (Å²) in [6.45, 7) is 4.05. The maximum atomic E-state index is 10.9. The topological polar surface area (TPSA) is 46.4 Å². The smallest absolute Gasteiger partial charge is 0.329 e. The molecule has 1 aromatic heterocycles. The van der Waals surface area contributed by atoms with E-state index in [1.165, 1.54) is 30.6 Å². The highest BCUT2D eigenvalue weighted by atomic mass is 32.1. The van der Waals surface area contributed by atoms with Crippen molar-refractivity contribution in [2.24, 2.45) is 0 Å². The molecule has 5 heteroatoms. The Morgan fingerprint density at radius 2 is 2.12 bits per heavy atom. The molecule has 1 saturated heterocycles. The molecular weight excluding hydrogens is 224 g/mol. The molecule has 1 fully saturated rings. The third-order valence-corrected chi connectivity index (χ3v) is 4.18. The van der Waals surface area contributed by atoms with E-state index in [0.29, 0.717) is 5.00 Å². The van der Waals surface area contributed by atoms with E-state index >= 15 is 0 Å². The Hall–Kier alpha value is -1.10. The van der Waals surface area contributed by atoms with Gasteiger partial charge < -0.3 is 4.90 Å². The SMILES string of the molecule is CCc1cc(N2CCCCC2)sc1[N+](=O)[O-]. The molecule has 0 atom stereocenters. The maximum absolute atomic E-state index is 10.9. The average molecular weight is 240 g/mol. The van der Waals surface area contributed by atoms with Crippen LogP contribution in [0.4, 0.5) is 10.0 Å². The van der Waals surface area contributed by atoms with Crippen LogP contribution in [0.15, 0.2) is 6.07 Å². The van der Waals surface area contributed by atoms with E-state index in [-0.39, 0.29) is 4.92 Å². The number of thiophene rings is 1. The molecule has 0 aromatic carbocycles. The number of anilines is 1. The lowest BCUT2D eigenvalue weighted by atomic mass is 10.1. The van der Waals surface area contributed by atoms with Crippen LogP contribution < -0.4 is 4.90 Å². The van der Waals surface area contributed by atoms with E-state index in [1.54, 1.807) is 0 Å². The van der Waals surface area contributed by atoms with Gasteiger partial charge in [0.05, 0.1) is 9.92 Å². The molecule has 0 saturated carbocycles. The van der Waals surface area contributed by atoms with Crippen molar-refractivity contribution in [2.45, 2.75) is 32.6 Å². The monoisotopic (exact) mass is 240 g/mol. The molecular formula is C11H16N2O2S. The highest BCUT2D eigenvalue weighted by molar-refractivity contribution is 7.19. The summed E-state index contributed by atoms with van der Waals surface area (Å²) in [6, 6.07) is 1.99. The van der Waals surface area contributed by atoms with E-state index in [9.17, 15) is 10.1 Å². The van der Waals surface area contributed by atoms with Gasteiger partial charge in [0.25, 0.3) is 0 Å². The minimum Gasteiger partial charge on any atom is -0.363 e. The second-order valence-electron chi connectivity index (χ2n) is 4.07. The molecule has 4 nitrogen and oxygen atoms in total. The molecule has 0 aliphatic carbocycles. The van der Waals surface area contributed by atoms with Crippen molar-refractivity contribution in [3.8, 4) is 0 Å². The maximum Gasteiger partial charge on any atom is 0.329 e. The van der Waals surface area contributed by atoms with E-state index in [2.05, 4.69) is 4.90 Å². The molecule has 2 rings (SSSR count). The number of nitro groups is 1. The van der Waals surface area contributed by atoms with Crippen molar-refractivity contribution in [2.75, 3.05) is 18.0 Å². The third kappa shape index (κ3) is 2.19. The quantitative estimate of drug-likeness (QED) is 0.602. The zero-order valence-corrected chi connectivity index (χ0v) is 10.3. The number of aryl methyl sites for hydroxylation is 1. The van der Waals surface area contributed by atoms with Gasteiger partial charge in [0.2, 0.25) is 0 Å². The molecule has 88 valence electrons. The molecule has 0 N–H and O–H groups in total. The second kappa shape index (κ2) is 4.82. The summed E-state index contributed by atoms with van der Waals surface area (Å²) in [5.74, 6) is 0. The van der Waals surface area contributed by atoms with Crippen LogP contribution in [-0.4, -0.2) is 18.0 Å². The van der Waals surface area contributed by atoms with Crippen molar-refractivity contribution in [1.29, 1.82) is 0 Å². The summed E-state index contributed by atoms with van der Waals surface area (Å²) in [4.78, 5) is 12.9.